The van der Waals surface area contributed by atoms with Crippen molar-refractivity contribution in [2.24, 2.45) is 0 Å². The molecule has 4 nitrogen and oxygen atoms in total. The molecule has 2 rings (SSSR count). The van der Waals surface area contributed by atoms with Gasteiger partial charge in [-0.15, -0.1) is 0 Å². The number of nitrogens with zero attached hydrogens (tertiary/aromatic N) is 2. The Morgan fingerprint density at radius 3 is 2.62 bits per heavy atom. The number of benzene rings is 1. The summed E-state index contributed by atoms with van der Waals surface area (Å²) in [6.45, 7) is 4.50. The minimum atomic E-state index is -0.255. The van der Waals surface area contributed by atoms with E-state index in [1.54, 1.807) is 18.2 Å². The second kappa shape index (κ2) is 6.43. The fourth-order valence-corrected chi connectivity index (χ4v) is 1.89. The van der Waals surface area contributed by atoms with Gasteiger partial charge in [0, 0.05) is 18.8 Å². The smallest absolute Gasteiger partial charge is 0.148 e. The van der Waals surface area contributed by atoms with Crippen LogP contribution >= 0.6 is 0 Å². The van der Waals surface area contributed by atoms with E-state index in [1.807, 2.05) is 31.9 Å². The molecule has 0 radical (unpaired) electrons. The summed E-state index contributed by atoms with van der Waals surface area (Å²) in [6.07, 6.45) is 1.39. The minimum absolute atomic E-state index is 0.130. The molecule has 5 heteroatoms. The summed E-state index contributed by atoms with van der Waals surface area (Å²) in [6, 6.07) is 8.62. The van der Waals surface area contributed by atoms with Crippen molar-refractivity contribution < 1.29 is 9.50 Å². The first kappa shape index (κ1) is 15.1. The number of hydrogen-bond acceptors (Lipinski definition) is 4. The van der Waals surface area contributed by atoms with Crippen LogP contribution in [0.1, 0.15) is 19.5 Å². The number of rotatable bonds is 5. The summed E-state index contributed by atoms with van der Waals surface area (Å²) in [4.78, 5) is 5.96. The molecule has 2 aromatic rings. The average molecular weight is 289 g/mol. The second-order valence-corrected chi connectivity index (χ2v) is 5.23. The molecule has 0 aliphatic heterocycles. The third-order valence-corrected chi connectivity index (χ3v) is 3.39. The van der Waals surface area contributed by atoms with Gasteiger partial charge >= 0.3 is 0 Å². The molecule has 1 heterocycles. The Balaban J connectivity index is 2.05. The van der Waals surface area contributed by atoms with E-state index in [0.717, 1.165) is 5.69 Å². The summed E-state index contributed by atoms with van der Waals surface area (Å²) in [5.41, 5.74) is 2.05. The first-order valence-electron chi connectivity index (χ1n) is 6.87. The minimum Gasteiger partial charge on any atom is -0.506 e. The maximum Gasteiger partial charge on any atom is 0.148 e. The van der Waals surface area contributed by atoms with Crippen LogP contribution in [0.3, 0.4) is 0 Å². The molecule has 0 saturated carbocycles. The van der Waals surface area contributed by atoms with Gasteiger partial charge in [-0.3, -0.25) is 4.98 Å². The Morgan fingerprint density at radius 1 is 1.29 bits per heavy atom. The van der Waals surface area contributed by atoms with E-state index in [2.05, 4.69) is 10.3 Å². The largest absolute Gasteiger partial charge is 0.506 e. The van der Waals surface area contributed by atoms with E-state index in [0.29, 0.717) is 17.9 Å². The van der Waals surface area contributed by atoms with Crippen LogP contribution in [0.4, 0.5) is 15.8 Å². The van der Waals surface area contributed by atoms with Crippen molar-refractivity contribution in [3.05, 3.63) is 48.0 Å². The fraction of sp³-hybridized carbons (Fsp3) is 0.312. The van der Waals surface area contributed by atoms with Crippen LogP contribution < -0.4 is 10.2 Å². The quantitative estimate of drug-likeness (QED) is 0.886. The highest BCUT2D eigenvalue weighted by Crippen LogP contribution is 2.23. The lowest BCUT2D eigenvalue weighted by atomic mass is 10.2. The fourth-order valence-electron chi connectivity index (χ4n) is 1.89. The average Bonchev–Trinajstić information content (AvgIpc) is 2.46. The Morgan fingerprint density at radius 2 is 2.05 bits per heavy atom. The van der Waals surface area contributed by atoms with E-state index in [-0.39, 0.29) is 17.6 Å². The molecule has 1 aromatic heterocycles. The van der Waals surface area contributed by atoms with E-state index in [9.17, 15) is 4.39 Å². The lowest BCUT2D eigenvalue weighted by molar-refractivity contribution is 0.472. The van der Waals surface area contributed by atoms with Gasteiger partial charge in [-0.2, -0.15) is 0 Å². The van der Waals surface area contributed by atoms with Crippen molar-refractivity contribution in [1.82, 2.24) is 4.98 Å². The molecule has 0 atom stereocenters. The monoisotopic (exact) mass is 289 g/mol. The standard InChI is InChI=1S/C16H20FN3O/c1-11(2)20(3)16-7-5-12(8-15(16)17)18-9-13-4-6-14(21)10-19-13/h4-8,10-11,18,21H,9H2,1-3H3. The predicted molar refractivity (Wildman–Crippen MR) is 83.2 cm³/mol. The Hall–Kier alpha value is -2.30. The predicted octanol–water partition coefficient (Wildman–Crippen LogP) is 3.38. The highest BCUT2D eigenvalue weighted by Gasteiger charge is 2.10. The summed E-state index contributed by atoms with van der Waals surface area (Å²) >= 11 is 0. The van der Waals surface area contributed by atoms with E-state index in [4.69, 9.17) is 5.11 Å². The number of halogens is 1. The number of hydrogen-bond donors (Lipinski definition) is 2. The normalized spacial score (nSPS) is 10.7. The van der Waals surface area contributed by atoms with Crippen molar-refractivity contribution in [1.29, 1.82) is 0 Å². The van der Waals surface area contributed by atoms with Crippen molar-refractivity contribution >= 4 is 11.4 Å². The third-order valence-electron chi connectivity index (χ3n) is 3.39. The van der Waals surface area contributed by atoms with Crippen LogP contribution in [-0.4, -0.2) is 23.2 Å². The number of nitrogens with one attached hydrogen (secondary N) is 1. The first-order valence-corrected chi connectivity index (χ1v) is 6.87. The third kappa shape index (κ3) is 3.84. The van der Waals surface area contributed by atoms with Crippen molar-refractivity contribution in [3.63, 3.8) is 0 Å². The van der Waals surface area contributed by atoms with Crippen LogP contribution in [0.5, 0.6) is 5.75 Å². The van der Waals surface area contributed by atoms with Crippen LogP contribution in [0.25, 0.3) is 0 Å². The first-order chi connectivity index (χ1) is 9.97. The van der Waals surface area contributed by atoms with Gasteiger partial charge in [0.1, 0.15) is 11.6 Å². The summed E-state index contributed by atoms with van der Waals surface area (Å²) in [5, 5.41) is 12.3. The zero-order valence-corrected chi connectivity index (χ0v) is 12.5. The van der Waals surface area contributed by atoms with Crippen LogP contribution in [0, 0.1) is 5.82 Å². The van der Waals surface area contributed by atoms with E-state index in [1.165, 1.54) is 12.3 Å². The van der Waals surface area contributed by atoms with Gasteiger partial charge in [-0.05, 0) is 44.2 Å². The SMILES string of the molecule is CC(C)N(C)c1ccc(NCc2ccc(O)cn2)cc1F. The maximum atomic E-state index is 14.1. The molecule has 1 aromatic carbocycles. The molecule has 21 heavy (non-hydrogen) atoms. The van der Waals surface area contributed by atoms with Crippen LogP contribution in [0.15, 0.2) is 36.5 Å². The van der Waals surface area contributed by atoms with E-state index < -0.39 is 0 Å². The van der Waals surface area contributed by atoms with Crippen molar-refractivity contribution in [3.8, 4) is 5.75 Å². The second-order valence-electron chi connectivity index (χ2n) is 5.23. The molecule has 0 bridgehead atoms. The van der Waals surface area contributed by atoms with Crippen LogP contribution in [0.2, 0.25) is 0 Å². The van der Waals surface area contributed by atoms with Gasteiger partial charge in [-0.1, -0.05) is 0 Å². The number of aromatic nitrogens is 1. The number of anilines is 2. The summed E-state index contributed by atoms with van der Waals surface area (Å²) < 4.78 is 14.1. The molecule has 0 aliphatic rings. The molecule has 0 spiro atoms. The molecule has 0 amide bonds. The summed E-state index contributed by atoms with van der Waals surface area (Å²) in [7, 11) is 1.87. The molecular weight excluding hydrogens is 269 g/mol. The molecule has 0 saturated heterocycles. The molecule has 0 unspecified atom stereocenters. The Kier molecular flexibility index (Phi) is 4.62. The molecule has 112 valence electrons. The van der Waals surface area contributed by atoms with Gasteiger partial charge in [0.2, 0.25) is 0 Å². The number of aromatic hydroxyl groups is 1. The maximum absolute atomic E-state index is 14.1. The topological polar surface area (TPSA) is 48.4 Å². The highest BCUT2D eigenvalue weighted by atomic mass is 19.1. The van der Waals surface area contributed by atoms with Crippen molar-refractivity contribution in [2.75, 3.05) is 17.3 Å². The van der Waals surface area contributed by atoms with Gasteiger partial charge in [0.15, 0.2) is 0 Å². The molecular formula is C16H20FN3O. The van der Waals surface area contributed by atoms with Gasteiger partial charge in [-0.25, -0.2) is 4.39 Å². The lowest BCUT2D eigenvalue weighted by Crippen LogP contribution is -2.26. The summed E-state index contributed by atoms with van der Waals surface area (Å²) in [5.74, 6) is -0.124. The Labute approximate surface area is 124 Å². The molecule has 0 fully saturated rings. The Bertz CT molecular complexity index is 599. The zero-order valence-electron chi connectivity index (χ0n) is 12.5. The van der Waals surface area contributed by atoms with Crippen LogP contribution in [-0.2, 0) is 6.54 Å². The van der Waals surface area contributed by atoms with Gasteiger partial charge in [0.25, 0.3) is 0 Å². The van der Waals surface area contributed by atoms with Gasteiger partial charge in [0.05, 0.1) is 24.1 Å². The number of pyridine rings is 1. The molecule has 2 N–H and O–H groups in total. The highest BCUT2D eigenvalue weighted by molar-refractivity contribution is 5.56. The lowest BCUT2D eigenvalue weighted by Gasteiger charge is -2.24. The van der Waals surface area contributed by atoms with Gasteiger partial charge < -0.3 is 15.3 Å². The van der Waals surface area contributed by atoms with E-state index >= 15 is 0 Å². The zero-order chi connectivity index (χ0) is 15.4. The molecule has 0 aliphatic carbocycles. The van der Waals surface area contributed by atoms with Crippen molar-refractivity contribution in [2.45, 2.75) is 26.4 Å².